The summed E-state index contributed by atoms with van der Waals surface area (Å²) in [5, 5.41) is 9.33. The topological polar surface area (TPSA) is 47.9 Å². The molecule has 21 heavy (non-hydrogen) atoms. The van der Waals surface area contributed by atoms with Crippen LogP contribution < -0.4 is 14.2 Å². The quantitative estimate of drug-likeness (QED) is 0.758. The number of aliphatic hydroxyl groups is 1. The van der Waals surface area contributed by atoms with Crippen LogP contribution in [0.4, 0.5) is 0 Å². The van der Waals surface area contributed by atoms with Crippen molar-refractivity contribution in [3.05, 3.63) is 54.1 Å². The molecule has 0 saturated heterocycles. The fraction of sp³-hybridized carbons (Fsp3) is 0.294. The average Bonchev–Trinajstić information content (AvgIpc) is 2.55. The van der Waals surface area contributed by atoms with Crippen LogP contribution in [0, 0.1) is 0 Å². The Morgan fingerprint density at radius 2 is 1.67 bits per heavy atom. The molecule has 0 fully saturated rings. The molecule has 1 N–H and O–H groups in total. The molecule has 0 aliphatic heterocycles. The largest absolute Gasteiger partial charge is 0.493 e. The molecule has 4 heteroatoms. The minimum Gasteiger partial charge on any atom is -0.493 e. The van der Waals surface area contributed by atoms with E-state index in [0.717, 1.165) is 17.7 Å². The smallest absolute Gasteiger partial charge is 0.166 e. The Morgan fingerprint density at radius 1 is 0.905 bits per heavy atom. The second-order valence-electron chi connectivity index (χ2n) is 4.47. The molecule has 112 valence electrons. The molecule has 0 aliphatic carbocycles. The number of aliphatic hydroxyl groups excluding tert-OH is 1. The lowest BCUT2D eigenvalue weighted by Gasteiger charge is -2.14. The summed E-state index contributed by atoms with van der Waals surface area (Å²) >= 11 is 0. The van der Waals surface area contributed by atoms with Crippen molar-refractivity contribution in [3.63, 3.8) is 0 Å². The van der Waals surface area contributed by atoms with Gasteiger partial charge >= 0.3 is 0 Å². The van der Waals surface area contributed by atoms with Crippen LogP contribution in [0.15, 0.2) is 48.5 Å². The first-order valence-electron chi connectivity index (χ1n) is 6.92. The van der Waals surface area contributed by atoms with Gasteiger partial charge < -0.3 is 19.3 Å². The first-order chi connectivity index (χ1) is 10.3. The van der Waals surface area contributed by atoms with Crippen LogP contribution in [0.25, 0.3) is 0 Å². The zero-order valence-corrected chi connectivity index (χ0v) is 12.1. The Labute approximate surface area is 124 Å². The van der Waals surface area contributed by atoms with Gasteiger partial charge in [0.15, 0.2) is 11.5 Å². The van der Waals surface area contributed by atoms with E-state index >= 15 is 0 Å². The fourth-order valence-corrected chi connectivity index (χ4v) is 1.95. The van der Waals surface area contributed by atoms with E-state index in [2.05, 4.69) is 0 Å². The van der Waals surface area contributed by atoms with Crippen LogP contribution in [-0.2, 0) is 6.61 Å². The van der Waals surface area contributed by atoms with Crippen molar-refractivity contribution in [2.45, 2.75) is 13.0 Å². The minimum absolute atomic E-state index is 0.0763. The molecule has 2 rings (SSSR count). The van der Waals surface area contributed by atoms with E-state index in [1.165, 1.54) is 0 Å². The van der Waals surface area contributed by atoms with Crippen molar-refractivity contribution in [2.24, 2.45) is 0 Å². The van der Waals surface area contributed by atoms with Crippen molar-refractivity contribution in [1.82, 2.24) is 0 Å². The Balaban J connectivity index is 1.81. The van der Waals surface area contributed by atoms with Crippen molar-refractivity contribution in [2.75, 3.05) is 20.3 Å². The Kier molecular flexibility index (Phi) is 5.91. The van der Waals surface area contributed by atoms with Crippen LogP contribution in [0.5, 0.6) is 17.2 Å². The summed E-state index contributed by atoms with van der Waals surface area (Å²) in [6, 6.07) is 15.1. The van der Waals surface area contributed by atoms with Gasteiger partial charge in [-0.05, 0) is 18.2 Å². The molecular weight excluding hydrogens is 268 g/mol. The highest BCUT2D eigenvalue weighted by atomic mass is 16.5. The third-order valence-electron chi connectivity index (χ3n) is 3.00. The minimum atomic E-state index is -0.0763. The Bertz CT molecular complexity index is 517. The molecule has 2 aromatic carbocycles. The SMILES string of the molecule is COc1cccc(CO)c1OCCCOc1ccccc1. The summed E-state index contributed by atoms with van der Waals surface area (Å²) in [5.41, 5.74) is 0.721. The number of ether oxygens (including phenoxy) is 3. The number of rotatable bonds is 8. The maximum absolute atomic E-state index is 9.33. The molecule has 0 amide bonds. The van der Waals surface area contributed by atoms with Gasteiger partial charge in [0.1, 0.15) is 5.75 Å². The molecule has 0 aromatic heterocycles. The van der Waals surface area contributed by atoms with E-state index in [1.54, 1.807) is 7.11 Å². The molecular formula is C17H20O4. The maximum atomic E-state index is 9.33. The molecule has 4 nitrogen and oxygen atoms in total. The molecule has 0 atom stereocenters. The van der Waals surface area contributed by atoms with Gasteiger partial charge in [0.25, 0.3) is 0 Å². The van der Waals surface area contributed by atoms with Gasteiger partial charge in [-0.15, -0.1) is 0 Å². The van der Waals surface area contributed by atoms with Crippen molar-refractivity contribution in [1.29, 1.82) is 0 Å². The van der Waals surface area contributed by atoms with E-state index in [9.17, 15) is 5.11 Å². The summed E-state index contributed by atoms with van der Waals surface area (Å²) in [7, 11) is 1.59. The van der Waals surface area contributed by atoms with Crippen molar-refractivity contribution in [3.8, 4) is 17.2 Å². The number of para-hydroxylation sites is 2. The lowest BCUT2D eigenvalue weighted by molar-refractivity contribution is 0.229. The van der Waals surface area contributed by atoms with Crippen molar-refractivity contribution < 1.29 is 19.3 Å². The molecule has 0 spiro atoms. The van der Waals surface area contributed by atoms with E-state index in [4.69, 9.17) is 14.2 Å². The lowest BCUT2D eigenvalue weighted by Crippen LogP contribution is -2.07. The predicted molar refractivity (Wildman–Crippen MR) is 81.0 cm³/mol. The Morgan fingerprint density at radius 3 is 2.38 bits per heavy atom. The van der Waals surface area contributed by atoms with Crippen LogP contribution in [-0.4, -0.2) is 25.4 Å². The highest BCUT2D eigenvalue weighted by Gasteiger charge is 2.09. The van der Waals surface area contributed by atoms with E-state index in [-0.39, 0.29) is 6.61 Å². The van der Waals surface area contributed by atoms with Gasteiger partial charge in [-0.25, -0.2) is 0 Å². The summed E-state index contributed by atoms with van der Waals surface area (Å²) in [6.45, 7) is 1.00. The molecule has 0 aliphatic rings. The Hall–Kier alpha value is -2.20. The highest BCUT2D eigenvalue weighted by molar-refractivity contribution is 5.46. The van der Waals surface area contributed by atoms with E-state index in [1.807, 2.05) is 48.5 Å². The van der Waals surface area contributed by atoms with Crippen LogP contribution in [0.3, 0.4) is 0 Å². The van der Waals surface area contributed by atoms with E-state index in [0.29, 0.717) is 24.7 Å². The average molecular weight is 288 g/mol. The first-order valence-corrected chi connectivity index (χ1v) is 6.92. The number of benzene rings is 2. The molecule has 0 unspecified atom stereocenters. The summed E-state index contributed by atoms with van der Waals surface area (Å²) in [6.07, 6.45) is 0.748. The molecule has 2 aromatic rings. The van der Waals surface area contributed by atoms with Crippen molar-refractivity contribution >= 4 is 0 Å². The molecule has 0 saturated carbocycles. The monoisotopic (exact) mass is 288 g/mol. The second-order valence-corrected chi connectivity index (χ2v) is 4.47. The highest BCUT2D eigenvalue weighted by Crippen LogP contribution is 2.31. The predicted octanol–water partition coefficient (Wildman–Crippen LogP) is 3.04. The zero-order valence-electron chi connectivity index (χ0n) is 12.1. The summed E-state index contributed by atoms with van der Waals surface area (Å²) in [5.74, 6) is 2.08. The number of hydrogen-bond donors (Lipinski definition) is 1. The normalized spacial score (nSPS) is 10.2. The van der Waals surface area contributed by atoms with Crippen LogP contribution in [0.1, 0.15) is 12.0 Å². The molecule has 0 heterocycles. The van der Waals surface area contributed by atoms with Gasteiger partial charge in [0.2, 0.25) is 0 Å². The first kappa shape index (κ1) is 15.2. The molecule has 0 bridgehead atoms. The van der Waals surface area contributed by atoms with Crippen LogP contribution >= 0.6 is 0 Å². The standard InChI is InChI=1S/C17H20O4/c1-19-16-10-5-7-14(13-18)17(16)21-12-6-11-20-15-8-3-2-4-9-15/h2-5,7-10,18H,6,11-13H2,1H3. The summed E-state index contributed by atoms with van der Waals surface area (Å²) < 4.78 is 16.6. The van der Waals surface area contributed by atoms with Gasteiger partial charge in [-0.2, -0.15) is 0 Å². The van der Waals surface area contributed by atoms with Gasteiger partial charge in [0.05, 0.1) is 26.9 Å². The number of hydrogen-bond acceptors (Lipinski definition) is 4. The van der Waals surface area contributed by atoms with Gasteiger partial charge in [-0.1, -0.05) is 30.3 Å². The second kappa shape index (κ2) is 8.17. The maximum Gasteiger partial charge on any atom is 0.166 e. The van der Waals surface area contributed by atoms with E-state index < -0.39 is 0 Å². The fourth-order valence-electron chi connectivity index (χ4n) is 1.95. The van der Waals surface area contributed by atoms with Gasteiger partial charge in [-0.3, -0.25) is 0 Å². The van der Waals surface area contributed by atoms with Gasteiger partial charge in [0, 0.05) is 12.0 Å². The van der Waals surface area contributed by atoms with Crippen LogP contribution in [0.2, 0.25) is 0 Å². The summed E-state index contributed by atoms with van der Waals surface area (Å²) in [4.78, 5) is 0. The lowest BCUT2D eigenvalue weighted by atomic mass is 10.2. The third-order valence-corrected chi connectivity index (χ3v) is 3.00. The third kappa shape index (κ3) is 4.39. The number of methoxy groups -OCH3 is 1. The zero-order chi connectivity index (χ0) is 14.9. The molecule has 0 radical (unpaired) electrons.